The van der Waals surface area contributed by atoms with Gasteiger partial charge in [-0.05, 0) is 36.7 Å². The Morgan fingerprint density at radius 3 is 2.17 bits per heavy atom. The molecule has 1 aliphatic heterocycles. The average molecular weight is 395 g/mol. The third-order valence-electron chi connectivity index (χ3n) is 4.45. The second-order valence-corrected chi connectivity index (χ2v) is 6.44. The van der Waals surface area contributed by atoms with Crippen LogP contribution in [0.25, 0.3) is 10.4 Å². The Morgan fingerprint density at radius 1 is 1.07 bits per heavy atom. The third-order valence-corrected chi connectivity index (χ3v) is 4.45. The second-order valence-electron chi connectivity index (χ2n) is 6.44. The van der Waals surface area contributed by atoms with Gasteiger partial charge in [-0.1, -0.05) is 41.5 Å². The molecule has 0 saturated carbocycles. The molecule has 0 bridgehead atoms. The van der Waals surface area contributed by atoms with Gasteiger partial charge in [0.1, 0.15) is 6.61 Å². The number of cyclic esters (lactones) is 1. The Bertz CT molecular complexity index is 959. The number of rotatable bonds is 6. The summed E-state index contributed by atoms with van der Waals surface area (Å²) in [5, 5.41) is 3.49. The van der Waals surface area contributed by atoms with Crippen LogP contribution < -0.4 is 0 Å². The van der Waals surface area contributed by atoms with Gasteiger partial charge in [-0.2, -0.15) is 0 Å². The quantitative estimate of drug-likeness (QED) is 0.243. The highest BCUT2D eigenvalue weighted by Crippen LogP contribution is 2.33. The molecule has 0 amide bonds. The van der Waals surface area contributed by atoms with Crippen LogP contribution in [0.1, 0.15) is 27.6 Å². The molecule has 2 aromatic rings. The summed E-state index contributed by atoms with van der Waals surface area (Å²) in [7, 11) is 0. The van der Waals surface area contributed by atoms with Crippen molar-refractivity contribution in [2.45, 2.75) is 24.7 Å². The van der Waals surface area contributed by atoms with Gasteiger partial charge in [0, 0.05) is 4.91 Å². The molecule has 1 saturated heterocycles. The lowest BCUT2D eigenvalue weighted by Crippen LogP contribution is -2.45. The summed E-state index contributed by atoms with van der Waals surface area (Å²) in [5.41, 5.74) is 7.63. The van der Waals surface area contributed by atoms with Crippen molar-refractivity contribution in [2.75, 3.05) is 6.61 Å². The van der Waals surface area contributed by atoms with Crippen LogP contribution in [0.2, 0.25) is 0 Å². The molecule has 148 valence electrons. The fraction of sp³-hybridized carbons (Fsp3) is 0.250. The number of hydrogen-bond donors (Lipinski definition) is 0. The van der Waals surface area contributed by atoms with Gasteiger partial charge in [0.25, 0.3) is 0 Å². The Hall–Kier alpha value is -3.84. The van der Waals surface area contributed by atoms with Crippen LogP contribution >= 0.6 is 0 Å². The first kappa shape index (κ1) is 19.9. The molecule has 0 N–H and O–H groups in total. The first-order valence-electron chi connectivity index (χ1n) is 8.71. The van der Waals surface area contributed by atoms with Crippen LogP contribution in [0, 0.1) is 0 Å². The molecular weight excluding hydrogens is 378 g/mol. The molecular formula is C20H17N3O6. The topological polar surface area (TPSA) is 128 Å². The number of ether oxygens (including phenoxy) is 3. The Morgan fingerprint density at radius 2 is 1.62 bits per heavy atom. The summed E-state index contributed by atoms with van der Waals surface area (Å²) in [6.45, 7) is 0.930. The highest BCUT2D eigenvalue weighted by atomic mass is 16.6. The minimum Gasteiger partial charge on any atom is -0.458 e. The second kappa shape index (κ2) is 8.45. The number of nitrogens with zero attached hydrogens (tertiary/aromatic N) is 3. The molecule has 9 heteroatoms. The van der Waals surface area contributed by atoms with Gasteiger partial charge in [-0.15, -0.1) is 0 Å². The average Bonchev–Trinajstić information content (AvgIpc) is 2.97. The minimum atomic E-state index is -1.79. The number of azide groups is 1. The van der Waals surface area contributed by atoms with Gasteiger partial charge >= 0.3 is 17.9 Å². The standard InChI is InChI=1S/C20H17N3O6/c1-20(22-23-21)16(29-18(25)14-10-6-3-7-11-14)15(28-19(20)26)12-27-17(24)13-8-4-2-5-9-13/h2-11,15-16H,12H2,1H3. The molecule has 1 heterocycles. The molecule has 3 atom stereocenters. The van der Waals surface area contributed by atoms with Gasteiger partial charge in [-0.25, -0.2) is 9.59 Å². The molecule has 29 heavy (non-hydrogen) atoms. The lowest BCUT2D eigenvalue weighted by atomic mass is 9.95. The van der Waals surface area contributed by atoms with E-state index in [-0.39, 0.29) is 12.2 Å². The maximum atomic E-state index is 12.5. The summed E-state index contributed by atoms with van der Waals surface area (Å²) in [5.74, 6) is -2.23. The van der Waals surface area contributed by atoms with Crippen LogP contribution in [0.5, 0.6) is 0 Å². The highest BCUT2D eigenvalue weighted by molar-refractivity contribution is 5.91. The zero-order valence-electron chi connectivity index (χ0n) is 15.4. The fourth-order valence-electron chi connectivity index (χ4n) is 2.87. The molecule has 0 aliphatic carbocycles. The van der Waals surface area contributed by atoms with E-state index in [1.807, 2.05) is 0 Å². The van der Waals surface area contributed by atoms with Gasteiger partial charge < -0.3 is 14.2 Å². The van der Waals surface area contributed by atoms with Crippen molar-refractivity contribution < 1.29 is 28.6 Å². The molecule has 1 fully saturated rings. The van der Waals surface area contributed by atoms with Crippen molar-refractivity contribution in [3.05, 3.63) is 82.2 Å². The number of carbonyl (C=O) groups excluding carboxylic acids is 3. The molecule has 9 nitrogen and oxygen atoms in total. The van der Waals surface area contributed by atoms with Crippen LogP contribution in [0.15, 0.2) is 65.8 Å². The van der Waals surface area contributed by atoms with Crippen LogP contribution in [-0.4, -0.2) is 42.3 Å². The van der Waals surface area contributed by atoms with Crippen LogP contribution in [0.4, 0.5) is 0 Å². The van der Waals surface area contributed by atoms with Crippen molar-refractivity contribution in [1.82, 2.24) is 0 Å². The van der Waals surface area contributed by atoms with E-state index in [4.69, 9.17) is 19.7 Å². The lowest BCUT2D eigenvalue weighted by molar-refractivity contribution is -0.146. The van der Waals surface area contributed by atoms with E-state index in [0.717, 1.165) is 0 Å². The summed E-state index contributed by atoms with van der Waals surface area (Å²) in [6, 6.07) is 16.3. The summed E-state index contributed by atoms with van der Waals surface area (Å²) in [6.07, 6.45) is -2.40. The normalized spacial score (nSPS) is 22.9. The molecule has 3 unspecified atom stereocenters. The van der Waals surface area contributed by atoms with Crippen molar-refractivity contribution >= 4 is 17.9 Å². The van der Waals surface area contributed by atoms with E-state index in [2.05, 4.69) is 10.0 Å². The predicted octanol–water partition coefficient (Wildman–Crippen LogP) is 3.06. The molecule has 3 rings (SSSR count). The van der Waals surface area contributed by atoms with Crippen molar-refractivity contribution in [3.63, 3.8) is 0 Å². The zero-order valence-corrected chi connectivity index (χ0v) is 15.4. The summed E-state index contributed by atoms with van der Waals surface area (Å²) in [4.78, 5) is 39.6. The fourth-order valence-corrected chi connectivity index (χ4v) is 2.87. The first-order valence-corrected chi connectivity index (χ1v) is 8.71. The number of hydrogen-bond acceptors (Lipinski definition) is 7. The largest absolute Gasteiger partial charge is 0.458 e. The smallest absolute Gasteiger partial charge is 0.338 e. The van der Waals surface area contributed by atoms with Gasteiger partial charge in [0.15, 0.2) is 17.7 Å². The predicted molar refractivity (Wildman–Crippen MR) is 99.8 cm³/mol. The van der Waals surface area contributed by atoms with Gasteiger partial charge in [-0.3, -0.25) is 4.79 Å². The minimum absolute atomic E-state index is 0.246. The monoisotopic (exact) mass is 395 g/mol. The SMILES string of the molecule is CC1(N=[N+]=[N-])C(=O)OC(COC(=O)c2ccccc2)C1OC(=O)c1ccccc1. The third kappa shape index (κ3) is 4.20. The number of benzene rings is 2. The van der Waals surface area contributed by atoms with E-state index >= 15 is 0 Å². The Kier molecular flexibility index (Phi) is 5.80. The van der Waals surface area contributed by atoms with Gasteiger partial charge in [0.05, 0.1) is 11.1 Å². The van der Waals surface area contributed by atoms with E-state index < -0.39 is 35.7 Å². The molecule has 1 aliphatic rings. The summed E-state index contributed by atoms with van der Waals surface area (Å²) < 4.78 is 15.9. The molecule has 0 aromatic heterocycles. The van der Waals surface area contributed by atoms with Gasteiger partial charge in [0.2, 0.25) is 0 Å². The van der Waals surface area contributed by atoms with Crippen molar-refractivity contribution in [1.29, 1.82) is 0 Å². The highest BCUT2D eigenvalue weighted by Gasteiger charge is 2.57. The molecule has 0 radical (unpaired) electrons. The number of esters is 3. The zero-order chi connectivity index (χ0) is 20.9. The first-order chi connectivity index (χ1) is 14.0. The van der Waals surface area contributed by atoms with Crippen molar-refractivity contribution in [3.8, 4) is 0 Å². The maximum absolute atomic E-state index is 12.5. The Labute approximate surface area is 165 Å². The van der Waals surface area contributed by atoms with E-state index in [1.165, 1.54) is 19.1 Å². The number of carbonyl (C=O) groups is 3. The Balaban J connectivity index is 1.79. The van der Waals surface area contributed by atoms with Crippen LogP contribution in [0.3, 0.4) is 0 Å². The summed E-state index contributed by atoms with van der Waals surface area (Å²) >= 11 is 0. The van der Waals surface area contributed by atoms with Crippen LogP contribution in [-0.2, 0) is 19.0 Å². The van der Waals surface area contributed by atoms with E-state index in [9.17, 15) is 14.4 Å². The van der Waals surface area contributed by atoms with Crippen molar-refractivity contribution in [2.24, 2.45) is 5.11 Å². The molecule has 0 spiro atoms. The lowest BCUT2D eigenvalue weighted by Gasteiger charge is -2.24. The molecule has 2 aromatic carbocycles. The van der Waals surface area contributed by atoms with E-state index in [0.29, 0.717) is 5.56 Å². The maximum Gasteiger partial charge on any atom is 0.338 e. The van der Waals surface area contributed by atoms with E-state index in [1.54, 1.807) is 48.5 Å².